The number of fused-ring (bicyclic) bond motifs is 4. The van der Waals surface area contributed by atoms with Gasteiger partial charge in [-0.25, -0.2) is 0 Å². The molecule has 0 bridgehead atoms. The fourth-order valence-electron chi connectivity index (χ4n) is 5.42. The van der Waals surface area contributed by atoms with Crippen LogP contribution in [0.5, 0.6) is 0 Å². The average molecular weight is 328 g/mol. The van der Waals surface area contributed by atoms with Gasteiger partial charge < -0.3 is 0 Å². The van der Waals surface area contributed by atoms with E-state index in [1.54, 1.807) is 21.9 Å². The van der Waals surface area contributed by atoms with Crippen LogP contribution in [0.4, 0.5) is 0 Å². The molecule has 3 aliphatic rings. The Morgan fingerprint density at radius 1 is 0.720 bits per heavy atom. The summed E-state index contributed by atoms with van der Waals surface area (Å²) >= 11 is 0. The normalized spacial score (nSPS) is 19.7. The first-order valence-electron chi connectivity index (χ1n) is 10.4. The van der Waals surface area contributed by atoms with Gasteiger partial charge in [0.1, 0.15) is 0 Å². The Morgan fingerprint density at radius 2 is 1.60 bits per heavy atom. The highest BCUT2D eigenvalue weighted by molar-refractivity contribution is 5.49. The molecule has 0 nitrogen and oxygen atoms in total. The standard InChI is InChI=1S/C25H28/c1-2-4-9-18(8-3-1)21-12-7-13-22-23(21)16-17-24-20-11-6-5-10-19(20)14-15-25(22)24/h7,10,12-16,18H,1-6,8-9,11,17H2. The second kappa shape index (κ2) is 6.48. The van der Waals surface area contributed by atoms with Gasteiger partial charge in [-0.3, -0.25) is 0 Å². The molecule has 25 heavy (non-hydrogen) atoms. The van der Waals surface area contributed by atoms with E-state index in [9.17, 15) is 0 Å². The van der Waals surface area contributed by atoms with Crippen molar-refractivity contribution in [2.24, 2.45) is 0 Å². The number of benzene rings is 2. The van der Waals surface area contributed by atoms with Gasteiger partial charge >= 0.3 is 0 Å². The molecule has 0 atom stereocenters. The number of hydrogen-bond donors (Lipinski definition) is 0. The van der Waals surface area contributed by atoms with Crippen LogP contribution in [0, 0.1) is 10.4 Å². The fraction of sp³-hybridized carbons (Fsp3) is 0.440. The molecule has 0 radical (unpaired) electrons. The van der Waals surface area contributed by atoms with E-state index in [1.165, 1.54) is 73.4 Å². The van der Waals surface area contributed by atoms with E-state index >= 15 is 0 Å². The van der Waals surface area contributed by atoms with Crippen molar-refractivity contribution in [1.82, 2.24) is 0 Å². The third-order valence-corrected chi connectivity index (χ3v) is 6.70. The SMILES string of the molecule is C1=c2ccc3c(c2CCC1)CC=c1c(C2CCCCCC2)cccc1=3. The lowest BCUT2D eigenvalue weighted by atomic mass is 9.85. The molecule has 128 valence electrons. The maximum absolute atomic E-state index is 2.55. The Morgan fingerprint density at radius 3 is 2.48 bits per heavy atom. The van der Waals surface area contributed by atoms with Gasteiger partial charge in [-0.05, 0) is 82.0 Å². The molecule has 0 heterocycles. The van der Waals surface area contributed by atoms with Crippen LogP contribution >= 0.6 is 0 Å². The maximum Gasteiger partial charge on any atom is -0.00790 e. The lowest BCUT2D eigenvalue weighted by Gasteiger charge is -2.20. The molecule has 0 spiro atoms. The molecule has 1 fully saturated rings. The lowest BCUT2D eigenvalue weighted by molar-refractivity contribution is 0.589. The van der Waals surface area contributed by atoms with Crippen LogP contribution in [0.25, 0.3) is 12.2 Å². The van der Waals surface area contributed by atoms with Gasteiger partial charge in [-0.2, -0.15) is 0 Å². The Kier molecular flexibility index (Phi) is 4.00. The van der Waals surface area contributed by atoms with Crippen molar-refractivity contribution in [3.8, 4) is 0 Å². The Hall–Kier alpha value is -1.82. The highest BCUT2D eigenvalue weighted by Crippen LogP contribution is 2.30. The Bertz CT molecular complexity index is 1000. The van der Waals surface area contributed by atoms with Crippen LogP contribution in [0.1, 0.15) is 74.0 Å². The molecular formula is C25H28. The molecular weight excluding hydrogens is 300 g/mol. The quantitative estimate of drug-likeness (QED) is 0.656. The smallest absolute Gasteiger partial charge is 0.00790 e. The zero-order valence-corrected chi connectivity index (χ0v) is 15.2. The number of hydrogen-bond acceptors (Lipinski definition) is 0. The molecule has 0 amide bonds. The summed E-state index contributed by atoms with van der Waals surface area (Å²) in [6.45, 7) is 0. The lowest BCUT2D eigenvalue weighted by Crippen LogP contribution is -2.22. The van der Waals surface area contributed by atoms with E-state index in [1.807, 2.05) is 0 Å². The van der Waals surface area contributed by atoms with Gasteiger partial charge in [0.2, 0.25) is 0 Å². The summed E-state index contributed by atoms with van der Waals surface area (Å²) in [5.41, 5.74) is 4.87. The third kappa shape index (κ3) is 2.67. The van der Waals surface area contributed by atoms with Crippen LogP contribution in [0.2, 0.25) is 0 Å². The molecule has 0 aromatic heterocycles. The zero-order chi connectivity index (χ0) is 16.6. The van der Waals surface area contributed by atoms with Gasteiger partial charge in [0.25, 0.3) is 0 Å². The highest BCUT2D eigenvalue weighted by atomic mass is 14.2. The summed E-state index contributed by atoms with van der Waals surface area (Å²) < 4.78 is 0. The molecule has 0 N–H and O–H groups in total. The highest BCUT2D eigenvalue weighted by Gasteiger charge is 2.18. The topological polar surface area (TPSA) is 0 Å². The predicted molar refractivity (Wildman–Crippen MR) is 106 cm³/mol. The summed E-state index contributed by atoms with van der Waals surface area (Å²) in [4.78, 5) is 0. The summed E-state index contributed by atoms with van der Waals surface area (Å²) in [7, 11) is 0. The monoisotopic (exact) mass is 328 g/mol. The van der Waals surface area contributed by atoms with Crippen LogP contribution in [-0.2, 0) is 12.8 Å². The molecule has 1 saturated carbocycles. The van der Waals surface area contributed by atoms with Gasteiger partial charge in [-0.1, -0.05) is 68.2 Å². The summed E-state index contributed by atoms with van der Waals surface area (Å²) in [6, 6.07) is 11.9. The van der Waals surface area contributed by atoms with Crippen molar-refractivity contribution in [3.63, 3.8) is 0 Å². The first-order chi connectivity index (χ1) is 12.4. The van der Waals surface area contributed by atoms with Crippen molar-refractivity contribution in [2.45, 2.75) is 70.1 Å². The second-order valence-electron chi connectivity index (χ2n) is 8.16. The number of rotatable bonds is 1. The fourth-order valence-corrected chi connectivity index (χ4v) is 5.42. The minimum Gasteiger partial charge on any atom is -0.0770 e. The van der Waals surface area contributed by atoms with Crippen molar-refractivity contribution < 1.29 is 0 Å². The largest absolute Gasteiger partial charge is 0.0770 e. The van der Waals surface area contributed by atoms with Gasteiger partial charge in [0.15, 0.2) is 0 Å². The van der Waals surface area contributed by atoms with E-state index in [4.69, 9.17) is 0 Å². The van der Waals surface area contributed by atoms with E-state index in [0.29, 0.717) is 0 Å². The summed E-state index contributed by atoms with van der Waals surface area (Å²) in [5.74, 6) is 0.779. The van der Waals surface area contributed by atoms with Crippen LogP contribution in [0.15, 0.2) is 30.3 Å². The molecule has 0 heteroatoms. The molecule has 0 saturated heterocycles. The molecule has 0 unspecified atom stereocenters. The predicted octanol–water partition coefficient (Wildman–Crippen LogP) is 4.86. The van der Waals surface area contributed by atoms with Gasteiger partial charge in [0, 0.05) is 0 Å². The zero-order valence-electron chi connectivity index (χ0n) is 15.2. The first kappa shape index (κ1) is 15.4. The van der Waals surface area contributed by atoms with Gasteiger partial charge in [-0.15, -0.1) is 0 Å². The first-order valence-corrected chi connectivity index (χ1v) is 10.4. The van der Waals surface area contributed by atoms with Crippen LogP contribution in [0.3, 0.4) is 0 Å². The molecule has 5 rings (SSSR count). The van der Waals surface area contributed by atoms with Crippen molar-refractivity contribution >= 4 is 12.2 Å². The van der Waals surface area contributed by atoms with Crippen molar-refractivity contribution in [3.05, 3.63) is 67.9 Å². The Labute approximate surface area is 150 Å². The van der Waals surface area contributed by atoms with Gasteiger partial charge in [0.05, 0.1) is 0 Å². The van der Waals surface area contributed by atoms with E-state index in [0.717, 1.165) is 12.3 Å². The molecule has 2 aromatic rings. The minimum atomic E-state index is 0.779. The van der Waals surface area contributed by atoms with E-state index < -0.39 is 0 Å². The maximum atomic E-state index is 2.55. The third-order valence-electron chi connectivity index (χ3n) is 6.70. The van der Waals surface area contributed by atoms with Crippen molar-refractivity contribution in [2.75, 3.05) is 0 Å². The minimum absolute atomic E-state index is 0.779. The van der Waals surface area contributed by atoms with E-state index in [2.05, 4.69) is 42.5 Å². The van der Waals surface area contributed by atoms with Crippen LogP contribution < -0.4 is 10.4 Å². The average Bonchev–Trinajstić information content (AvgIpc) is 2.96. The second-order valence-corrected chi connectivity index (χ2v) is 8.16. The molecule has 0 aliphatic heterocycles. The van der Waals surface area contributed by atoms with Crippen molar-refractivity contribution in [1.29, 1.82) is 0 Å². The molecule has 3 aliphatic carbocycles. The summed E-state index contributed by atoms with van der Waals surface area (Å²) in [6.07, 6.45) is 18.4. The molecule has 2 aromatic carbocycles. The summed E-state index contributed by atoms with van der Waals surface area (Å²) in [5, 5.41) is 6.07. The van der Waals surface area contributed by atoms with Crippen LogP contribution in [-0.4, -0.2) is 0 Å². The Balaban J connectivity index is 1.76. The van der Waals surface area contributed by atoms with E-state index in [-0.39, 0.29) is 0 Å².